The predicted octanol–water partition coefficient (Wildman–Crippen LogP) is 3.12. The second-order valence-electron chi connectivity index (χ2n) is 7.99. The van der Waals surface area contributed by atoms with Gasteiger partial charge in [0.15, 0.2) is 0 Å². The minimum absolute atomic E-state index is 0.0498. The highest BCUT2D eigenvalue weighted by Gasteiger charge is 2.21. The number of amides is 2. The lowest BCUT2D eigenvalue weighted by Gasteiger charge is -2.21. The summed E-state index contributed by atoms with van der Waals surface area (Å²) in [5.41, 5.74) is 1.87. The molecule has 0 atom stereocenters. The van der Waals surface area contributed by atoms with Crippen LogP contribution in [-0.2, 0) is 22.6 Å². The molecule has 29 heavy (non-hydrogen) atoms. The first kappa shape index (κ1) is 22.1. The highest BCUT2D eigenvalue weighted by Crippen LogP contribution is 2.14. The van der Waals surface area contributed by atoms with Crippen LogP contribution in [0.5, 0.6) is 0 Å². The second-order valence-corrected chi connectivity index (χ2v) is 7.99. The highest BCUT2D eigenvalue weighted by atomic mass is 16.4. The molecule has 0 heterocycles. The molecule has 2 aromatic carbocycles. The molecule has 0 unspecified atom stereocenters. The molecule has 154 valence electrons. The van der Waals surface area contributed by atoms with E-state index in [9.17, 15) is 19.5 Å². The van der Waals surface area contributed by atoms with Gasteiger partial charge in [-0.05, 0) is 29.7 Å². The van der Waals surface area contributed by atoms with Gasteiger partial charge in [-0.3, -0.25) is 14.4 Å². The Labute approximate surface area is 171 Å². The zero-order chi connectivity index (χ0) is 21.4. The molecule has 0 spiro atoms. The Bertz CT molecular complexity index is 839. The molecule has 6 heteroatoms. The lowest BCUT2D eigenvalue weighted by molar-refractivity contribution is -0.137. The van der Waals surface area contributed by atoms with Crippen LogP contribution in [0.1, 0.15) is 42.3 Å². The van der Waals surface area contributed by atoms with E-state index in [0.29, 0.717) is 25.1 Å². The van der Waals surface area contributed by atoms with Gasteiger partial charge in [0, 0.05) is 24.1 Å². The van der Waals surface area contributed by atoms with E-state index in [4.69, 9.17) is 0 Å². The third-order valence-corrected chi connectivity index (χ3v) is 4.46. The number of aliphatic carboxylic acids is 1. The van der Waals surface area contributed by atoms with Crippen molar-refractivity contribution in [3.8, 4) is 0 Å². The van der Waals surface area contributed by atoms with Crippen molar-refractivity contribution in [2.45, 2.75) is 33.7 Å². The molecule has 0 bridgehead atoms. The lowest BCUT2D eigenvalue weighted by atomic mass is 9.95. The number of carboxylic acid groups (broad SMARTS) is 1. The first-order chi connectivity index (χ1) is 13.7. The summed E-state index contributed by atoms with van der Waals surface area (Å²) < 4.78 is 0. The smallest absolute Gasteiger partial charge is 0.323 e. The van der Waals surface area contributed by atoms with E-state index in [-0.39, 0.29) is 18.4 Å². The predicted molar refractivity (Wildman–Crippen MR) is 111 cm³/mol. The van der Waals surface area contributed by atoms with Crippen molar-refractivity contribution in [3.05, 3.63) is 71.3 Å². The van der Waals surface area contributed by atoms with Crippen molar-refractivity contribution >= 4 is 17.8 Å². The van der Waals surface area contributed by atoms with Gasteiger partial charge >= 0.3 is 5.97 Å². The van der Waals surface area contributed by atoms with E-state index in [1.165, 1.54) is 4.90 Å². The largest absolute Gasteiger partial charge is 0.480 e. The average Bonchev–Trinajstić information content (AvgIpc) is 2.69. The fourth-order valence-corrected chi connectivity index (χ4v) is 2.72. The Morgan fingerprint density at radius 3 is 2.10 bits per heavy atom. The Morgan fingerprint density at radius 1 is 0.931 bits per heavy atom. The van der Waals surface area contributed by atoms with Crippen molar-refractivity contribution in [1.29, 1.82) is 0 Å². The van der Waals surface area contributed by atoms with Gasteiger partial charge in [-0.1, -0.05) is 63.2 Å². The molecule has 2 N–H and O–H groups in total. The van der Waals surface area contributed by atoms with Crippen LogP contribution >= 0.6 is 0 Å². The summed E-state index contributed by atoms with van der Waals surface area (Å²) in [7, 11) is 0. The molecule has 2 aromatic rings. The third-order valence-electron chi connectivity index (χ3n) is 4.46. The van der Waals surface area contributed by atoms with Crippen molar-refractivity contribution in [2.75, 3.05) is 13.1 Å². The molecule has 2 amide bonds. The molecule has 0 aliphatic heterocycles. The van der Waals surface area contributed by atoms with Crippen LogP contribution in [0.15, 0.2) is 54.6 Å². The van der Waals surface area contributed by atoms with Crippen molar-refractivity contribution in [3.63, 3.8) is 0 Å². The van der Waals surface area contributed by atoms with Gasteiger partial charge in [0.2, 0.25) is 5.91 Å². The van der Waals surface area contributed by atoms with E-state index < -0.39 is 11.4 Å². The molecule has 0 radical (unpaired) electrons. The van der Waals surface area contributed by atoms with Crippen LogP contribution in [0.3, 0.4) is 0 Å². The summed E-state index contributed by atoms with van der Waals surface area (Å²) in [4.78, 5) is 37.3. The molecule has 0 saturated heterocycles. The number of hydrogen-bond donors (Lipinski definition) is 2. The highest BCUT2D eigenvalue weighted by molar-refractivity contribution is 5.95. The van der Waals surface area contributed by atoms with E-state index >= 15 is 0 Å². The zero-order valence-corrected chi connectivity index (χ0v) is 17.1. The number of nitrogens with zero attached hydrogens (tertiary/aromatic N) is 1. The van der Waals surface area contributed by atoms with Gasteiger partial charge in [-0.15, -0.1) is 0 Å². The van der Waals surface area contributed by atoms with Gasteiger partial charge < -0.3 is 15.3 Å². The number of carboxylic acids is 1. The summed E-state index contributed by atoms with van der Waals surface area (Å²) in [6, 6.07) is 16.5. The van der Waals surface area contributed by atoms with Crippen LogP contribution < -0.4 is 5.32 Å². The molecule has 0 aromatic heterocycles. The number of hydrogen-bond acceptors (Lipinski definition) is 3. The summed E-state index contributed by atoms with van der Waals surface area (Å²) in [5, 5.41) is 12.0. The Balaban J connectivity index is 2.02. The lowest BCUT2D eigenvalue weighted by Crippen LogP contribution is -2.37. The fraction of sp³-hybridized carbons (Fsp3) is 0.348. The normalized spacial score (nSPS) is 11.0. The Morgan fingerprint density at radius 2 is 1.55 bits per heavy atom. The number of carbonyl (C=O) groups is 3. The average molecular weight is 396 g/mol. The monoisotopic (exact) mass is 396 g/mol. The van der Waals surface area contributed by atoms with Crippen molar-refractivity contribution in [2.24, 2.45) is 5.41 Å². The quantitative estimate of drug-likeness (QED) is 0.718. The van der Waals surface area contributed by atoms with Crippen LogP contribution in [0, 0.1) is 5.41 Å². The van der Waals surface area contributed by atoms with Crippen LogP contribution in [0.25, 0.3) is 0 Å². The first-order valence-corrected chi connectivity index (χ1v) is 9.59. The number of rotatable bonds is 8. The molecule has 0 fully saturated rings. The minimum atomic E-state index is -1.05. The summed E-state index contributed by atoms with van der Waals surface area (Å²) in [6.07, 6.45) is 0.580. The second kappa shape index (κ2) is 9.87. The zero-order valence-electron chi connectivity index (χ0n) is 17.1. The molecule has 2 rings (SSSR count). The van der Waals surface area contributed by atoms with E-state index in [2.05, 4.69) is 5.32 Å². The molecule has 0 saturated carbocycles. The first-order valence-electron chi connectivity index (χ1n) is 9.59. The van der Waals surface area contributed by atoms with Crippen molar-refractivity contribution < 1.29 is 19.5 Å². The molecule has 0 aliphatic rings. The summed E-state index contributed by atoms with van der Waals surface area (Å²) in [5.74, 6) is -1.42. The van der Waals surface area contributed by atoms with Gasteiger partial charge in [0.1, 0.15) is 6.54 Å². The van der Waals surface area contributed by atoms with Crippen LogP contribution in [0.4, 0.5) is 0 Å². The molecular formula is C23H28N2O4. The van der Waals surface area contributed by atoms with Crippen molar-refractivity contribution in [1.82, 2.24) is 10.2 Å². The maximum Gasteiger partial charge on any atom is 0.323 e. The minimum Gasteiger partial charge on any atom is -0.480 e. The van der Waals surface area contributed by atoms with Gasteiger partial charge in [0.05, 0.1) is 0 Å². The maximum absolute atomic E-state index is 12.8. The number of carbonyl (C=O) groups excluding carboxylic acids is 2. The van der Waals surface area contributed by atoms with Crippen LogP contribution in [0.2, 0.25) is 0 Å². The van der Waals surface area contributed by atoms with Gasteiger partial charge in [-0.25, -0.2) is 0 Å². The number of benzene rings is 2. The van der Waals surface area contributed by atoms with E-state index in [1.807, 2.05) is 51.1 Å². The molecule has 0 aliphatic carbocycles. The molecule has 6 nitrogen and oxygen atoms in total. The standard InChI is InChI=1S/C23H28N2O4/c1-23(2,3)22(29)24-15-18-9-11-19(12-10-18)21(28)25(16-20(26)27)14-13-17-7-5-4-6-8-17/h4-12H,13-16H2,1-3H3,(H,24,29)(H,26,27). The molecular weight excluding hydrogens is 368 g/mol. The summed E-state index contributed by atoms with van der Waals surface area (Å²) in [6.45, 7) is 5.87. The Hall–Kier alpha value is -3.15. The van der Waals surface area contributed by atoms with Crippen LogP contribution in [-0.4, -0.2) is 40.9 Å². The SMILES string of the molecule is CC(C)(C)C(=O)NCc1ccc(C(=O)N(CCc2ccccc2)CC(=O)O)cc1. The maximum atomic E-state index is 12.8. The van der Waals surface area contributed by atoms with E-state index in [0.717, 1.165) is 11.1 Å². The van der Waals surface area contributed by atoms with Gasteiger partial charge in [0.25, 0.3) is 5.91 Å². The third kappa shape index (κ3) is 7.07. The Kier molecular flexibility index (Phi) is 7.53. The topological polar surface area (TPSA) is 86.7 Å². The van der Waals surface area contributed by atoms with Gasteiger partial charge in [-0.2, -0.15) is 0 Å². The fourth-order valence-electron chi connectivity index (χ4n) is 2.72. The number of nitrogens with one attached hydrogen (secondary N) is 1. The van der Waals surface area contributed by atoms with E-state index in [1.54, 1.807) is 24.3 Å². The summed E-state index contributed by atoms with van der Waals surface area (Å²) >= 11 is 0.